The van der Waals surface area contributed by atoms with Gasteiger partial charge in [-0.3, -0.25) is 9.36 Å². The predicted octanol–water partition coefficient (Wildman–Crippen LogP) is 3.37. The van der Waals surface area contributed by atoms with Gasteiger partial charge >= 0.3 is 5.97 Å². The summed E-state index contributed by atoms with van der Waals surface area (Å²) >= 11 is 3.47. The van der Waals surface area contributed by atoms with Crippen LogP contribution in [0.4, 0.5) is 0 Å². The van der Waals surface area contributed by atoms with Crippen LogP contribution in [0.1, 0.15) is 23.6 Å². The largest absolute Gasteiger partial charge is 0.493 e. The summed E-state index contributed by atoms with van der Waals surface area (Å²) in [4.78, 5) is 26.3. The lowest BCUT2D eigenvalue weighted by atomic mass is 9.95. The number of methoxy groups -OCH3 is 5. The van der Waals surface area contributed by atoms with Crippen LogP contribution < -0.4 is 24.5 Å². The minimum absolute atomic E-state index is 0.128. The molecular weight excluding hydrogens is 526 g/mol. The Balaban J connectivity index is 0.00000210. The maximum absolute atomic E-state index is 13.4. The molecule has 0 radical (unpaired) electrons. The summed E-state index contributed by atoms with van der Waals surface area (Å²) in [5, 5.41) is 18.1. The lowest BCUT2D eigenvalue weighted by Gasteiger charge is -2.22. The van der Waals surface area contributed by atoms with Gasteiger partial charge in [0.05, 0.1) is 45.4 Å². The van der Waals surface area contributed by atoms with E-state index in [1.165, 1.54) is 48.5 Å². The molecule has 11 heteroatoms. The van der Waals surface area contributed by atoms with Gasteiger partial charge in [-0.15, -0.1) is 0 Å². The molecule has 3 rings (SSSR count). The molecule has 0 aliphatic carbocycles. The van der Waals surface area contributed by atoms with Crippen molar-refractivity contribution < 1.29 is 38.7 Å². The smallest absolute Gasteiger partial charge is 0.355 e. The van der Waals surface area contributed by atoms with Crippen LogP contribution in [0.5, 0.6) is 23.0 Å². The fraction of sp³-hybridized carbons (Fsp3) is 0.333. The number of aromatic nitrogens is 1. The average Bonchev–Trinajstić information content (AvgIpc) is 2.87. The van der Waals surface area contributed by atoms with Crippen LogP contribution in [0.3, 0.4) is 0 Å². The normalized spacial score (nSPS) is 11.3. The molecule has 1 aromatic heterocycles. The van der Waals surface area contributed by atoms with Gasteiger partial charge in [0.2, 0.25) is 0 Å². The standard InChI is InChI=1S/C23H24BrNO8.CH4O/c1-11(26)25-20(23(28)33-6)19(12-7-15(24)21(32-5)18(8-12)31-4)13-9-16(29-2)17(30-3)10-14(13)22(25)27;1-2/h7-11,26H,1-6H3;2H,1H3. The Kier molecular flexibility index (Phi) is 9.52. The van der Waals surface area contributed by atoms with E-state index >= 15 is 0 Å². The van der Waals surface area contributed by atoms with E-state index in [2.05, 4.69) is 15.9 Å². The summed E-state index contributed by atoms with van der Waals surface area (Å²) in [5.41, 5.74) is 0.118. The van der Waals surface area contributed by atoms with Gasteiger partial charge in [-0.05, 0) is 52.7 Å². The van der Waals surface area contributed by atoms with E-state index < -0.39 is 17.8 Å². The number of benzene rings is 2. The first-order valence-corrected chi connectivity index (χ1v) is 11.0. The Morgan fingerprint density at radius 1 is 0.886 bits per heavy atom. The number of esters is 1. The Morgan fingerprint density at radius 3 is 1.89 bits per heavy atom. The van der Waals surface area contributed by atoms with Gasteiger partial charge < -0.3 is 33.9 Å². The van der Waals surface area contributed by atoms with Gasteiger partial charge in [-0.25, -0.2) is 4.79 Å². The molecule has 0 bridgehead atoms. The van der Waals surface area contributed by atoms with Crippen molar-refractivity contribution in [3.63, 3.8) is 0 Å². The van der Waals surface area contributed by atoms with E-state index in [0.717, 1.165) is 11.7 Å². The molecule has 2 aromatic carbocycles. The molecule has 1 heterocycles. The second-order valence-electron chi connectivity index (χ2n) is 6.97. The van der Waals surface area contributed by atoms with Crippen molar-refractivity contribution in [2.75, 3.05) is 42.7 Å². The third kappa shape index (κ3) is 5.07. The van der Waals surface area contributed by atoms with Crippen molar-refractivity contribution in [3.8, 4) is 34.1 Å². The summed E-state index contributed by atoms with van der Waals surface area (Å²) in [6.45, 7) is 1.38. The summed E-state index contributed by atoms with van der Waals surface area (Å²) in [6.07, 6.45) is -1.33. The van der Waals surface area contributed by atoms with Gasteiger partial charge in [0, 0.05) is 18.1 Å². The topological polar surface area (TPSA) is 126 Å². The molecule has 3 aromatic rings. The van der Waals surface area contributed by atoms with Crippen molar-refractivity contribution in [3.05, 3.63) is 44.8 Å². The Morgan fingerprint density at radius 2 is 1.43 bits per heavy atom. The number of rotatable bonds is 7. The SMILES string of the molecule is CO.COC(=O)c1c(-c2cc(Br)c(OC)c(OC)c2)c2cc(OC)c(OC)cc2c(=O)n1C(C)O. The third-order valence-corrected chi connectivity index (χ3v) is 5.78. The first-order chi connectivity index (χ1) is 16.7. The third-order valence-electron chi connectivity index (χ3n) is 5.19. The average molecular weight is 554 g/mol. The van der Waals surface area contributed by atoms with Crippen LogP contribution >= 0.6 is 15.9 Å². The van der Waals surface area contributed by atoms with Crippen LogP contribution in [0.25, 0.3) is 21.9 Å². The monoisotopic (exact) mass is 553 g/mol. The van der Waals surface area contributed by atoms with Gasteiger partial charge in [0.1, 0.15) is 11.9 Å². The maximum Gasteiger partial charge on any atom is 0.355 e. The number of aliphatic hydroxyl groups excluding tert-OH is 2. The molecule has 0 fully saturated rings. The number of carbonyl (C=O) groups excluding carboxylic acids is 1. The Bertz CT molecular complexity index is 1280. The van der Waals surface area contributed by atoms with Crippen molar-refractivity contribution in [2.24, 2.45) is 0 Å². The summed E-state index contributed by atoms with van der Waals surface area (Å²) in [6, 6.07) is 6.50. The number of hydrogen-bond acceptors (Lipinski definition) is 9. The highest BCUT2D eigenvalue weighted by molar-refractivity contribution is 9.10. The predicted molar refractivity (Wildman–Crippen MR) is 134 cm³/mol. The second kappa shape index (κ2) is 11.9. The summed E-state index contributed by atoms with van der Waals surface area (Å²) in [5.74, 6) is 0.722. The molecule has 0 amide bonds. The minimum Gasteiger partial charge on any atom is -0.493 e. The van der Waals surface area contributed by atoms with Crippen LogP contribution in [0.15, 0.2) is 33.5 Å². The fourth-order valence-corrected chi connectivity index (χ4v) is 4.35. The number of nitrogens with zero attached hydrogens (tertiary/aromatic N) is 1. The number of ether oxygens (including phenoxy) is 5. The highest BCUT2D eigenvalue weighted by Gasteiger charge is 2.28. The zero-order valence-corrected chi connectivity index (χ0v) is 22.1. The number of carbonyl (C=O) groups is 1. The van der Waals surface area contributed by atoms with Crippen LogP contribution in [0.2, 0.25) is 0 Å². The first kappa shape index (κ1) is 28.0. The van der Waals surface area contributed by atoms with E-state index in [-0.39, 0.29) is 11.1 Å². The number of aliphatic hydroxyl groups is 2. The van der Waals surface area contributed by atoms with Gasteiger partial charge in [0.15, 0.2) is 23.0 Å². The maximum atomic E-state index is 13.4. The number of fused-ring (bicyclic) bond motifs is 1. The summed E-state index contributed by atoms with van der Waals surface area (Å²) < 4.78 is 28.2. The van der Waals surface area contributed by atoms with Crippen molar-refractivity contribution >= 4 is 32.7 Å². The quantitative estimate of drug-likeness (QED) is 0.423. The first-order valence-electron chi connectivity index (χ1n) is 10.2. The van der Waals surface area contributed by atoms with E-state index in [0.29, 0.717) is 44.0 Å². The van der Waals surface area contributed by atoms with Crippen molar-refractivity contribution in [1.82, 2.24) is 4.57 Å². The van der Waals surface area contributed by atoms with Crippen LogP contribution in [0, 0.1) is 0 Å². The molecule has 2 N–H and O–H groups in total. The molecular formula is C24H28BrNO9. The number of pyridine rings is 1. The highest BCUT2D eigenvalue weighted by Crippen LogP contribution is 2.43. The molecule has 10 nitrogen and oxygen atoms in total. The fourth-order valence-electron chi connectivity index (χ4n) is 3.75. The molecule has 190 valence electrons. The molecule has 1 unspecified atom stereocenters. The van der Waals surface area contributed by atoms with Gasteiger partial charge in [-0.1, -0.05) is 0 Å². The Labute approximate surface area is 210 Å². The van der Waals surface area contributed by atoms with E-state index in [4.69, 9.17) is 28.8 Å². The molecule has 0 saturated heterocycles. The van der Waals surface area contributed by atoms with Crippen LogP contribution in [-0.4, -0.2) is 63.4 Å². The van der Waals surface area contributed by atoms with Gasteiger partial charge in [-0.2, -0.15) is 0 Å². The lowest BCUT2D eigenvalue weighted by molar-refractivity contribution is 0.0550. The number of halogens is 1. The molecule has 0 spiro atoms. The molecule has 0 aliphatic rings. The highest BCUT2D eigenvalue weighted by atomic mass is 79.9. The molecule has 1 atom stereocenters. The van der Waals surface area contributed by atoms with E-state index in [9.17, 15) is 14.7 Å². The van der Waals surface area contributed by atoms with Crippen molar-refractivity contribution in [1.29, 1.82) is 0 Å². The molecule has 0 aliphatic heterocycles. The molecule has 0 saturated carbocycles. The Hall–Kier alpha value is -3.28. The van der Waals surface area contributed by atoms with Crippen molar-refractivity contribution in [2.45, 2.75) is 13.2 Å². The van der Waals surface area contributed by atoms with E-state index in [1.807, 2.05) is 0 Å². The zero-order valence-electron chi connectivity index (χ0n) is 20.5. The lowest BCUT2D eigenvalue weighted by Crippen LogP contribution is -2.30. The minimum atomic E-state index is -1.33. The van der Waals surface area contributed by atoms with E-state index in [1.54, 1.807) is 18.2 Å². The second-order valence-corrected chi connectivity index (χ2v) is 7.82. The summed E-state index contributed by atoms with van der Waals surface area (Å²) in [7, 11) is 8.10. The number of hydrogen-bond donors (Lipinski definition) is 2. The van der Waals surface area contributed by atoms with Gasteiger partial charge in [0.25, 0.3) is 5.56 Å². The van der Waals surface area contributed by atoms with Crippen LogP contribution in [-0.2, 0) is 4.74 Å². The zero-order chi connectivity index (χ0) is 26.4. The molecule has 35 heavy (non-hydrogen) atoms.